The molecule has 0 saturated carbocycles. The molecular weight excluding hydrogens is 543 g/mol. The van der Waals surface area contributed by atoms with Crippen LogP contribution in [0.5, 0.6) is 0 Å². The lowest BCUT2D eigenvalue weighted by molar-refractivity contribution is -0.0990. The Morgan fingerprint density at radius 1 is 1.23 bits per heavy atom. The number of anilines is 1. The first-order chi connectivity index (χ1) is 18.4. The van der Waals surface area contributed by atoms with Gasteiger partial charge in [-0.3, -0.25) is 18.1 Å². The number of imidazole rings is 1. The van der Waals surface area contributed by atoms with Crippen LogP contribution in [0.3, 0.4) is 0 Å². The first kappa shape index (κ1) is 26.0. The number of phosphoric acid groups is 1. The molecule has 3 aliphatic heterocycles. The molecule has 2 aromatic heterocycles. The van der Waals surface area contributed by atoms with Gasteiger partial charge in [0.1, 0.15) is 24.1 Å². The number of fused-ring (bicyclic) bond motifs is 2. The molecule has 1 aromatic carbocycles. The molecule has 0 amide bonds. The molecule has 16 heteroatoms. The molecule has 0 bridgehead atoms. The lowest BCUT2D eigenvalue weighted by atomic mass is 9.96. The van der Waals surface area contributed by atoms with Gasteiger partial charge >= 0.3 is 14.0 Å². The number of halogens is 2. The molecule has 6 atom stereocenters. The lowest BCUT2D eigenvalue weighted by Crippen LogP contribution is -2.42. The van der Waals surface area contributed by atoms with Gasteiger partial charge in [0.2, 0.25) is 0 Å². The van der Waals surface area contributed by atoms with E-state index in [-0.39, 0.29) is 17.8 Å². The zero-order valence-corrected chi connectivity index (χ0v) is 21.8. The van der Waals surface area contributed by atoms with Gasteiger partial charge in [-0.2, -0.15) is 0 Å². The van der Waals surface area contributed by atoms with Crippen LogP contribution in [0.25, 0.3) is 11.2 Å². The quantitative estimate of drug-likeness (QED) is 0.350. The van der Waals surface area contributed by atoms with Gasteiger partial charge in [-0.15, -0.1) is 0 Å². The number of ether oxygens (including phenoxy) is 3. The maximum Gasteiger partial charge on any atom is 0.509 e. The highest BCUT2D eigenvalue weighted by Crippen LogP contribution is 2.62. The minimum absolute atomic E-state index is 0.0770. The number of nitrogens with two attached hydrogens (primary N) is 1. The van der Waals surface area contributed by atoms with Crippen molar-refractivity contribution >= 4 is 31.0 Å². The molecule has 3 saturated heterocycles. The Morgan fingerprint density at radius 3 is 2.82 bits per heavy atom. The summed E-state index contributed by atoms with van der Waals surface area (Å²) in [5.74, 6) is -2.03. The minimum Gasteiger partial charge on any atom is -0.424 e. The summed E-state index contributed by atoms with van der Waals surface area (Å²) in [7, 11) is -4.35. The normalized spacial score (nSPS) is 33.6. The Kier molecular flexibility index (Phi) is 5.93. The molecule has 39 heavy (non-hydrogen) atoms. The first-order valence-electron chi connectivity index (χ1n) is 11.9. The van der Waals surface area contributed by atoms with Crippen molar-refractivity contribution in [2.45, 2.75) is 62.9 Å². The Hall–Kier alpha value is -3.23. The number of carbonyl (C=O) groups excluding carboxylic acids is 1. The van der Waals surface area contributed by atoms with E-state index in [9.17, 15) is 18.1 Å². The fourth-order valence-electron chi connectivity index (χ4n) is 5.16. The third-order valence-electron chi connectivity index (χ3n) is 6.88. The van der Waals surface area contributed by atoms with Crippen molar-refractivity contribution in [1.82, 2.24) is 19.5 Å². The number of carbonyl (C=O) groups is 1. The lowest BCUT2D eigenvalue weighted by Gasteiger charge is -2.39. The summed E-state index contributed by atoms with van der Waals surface area (Å²) >= 11 is 0. The van der Waals surface area contributed by atoms with Crippen molar-refractivity contribution in [3.05, 3.63) is 48.1 Å². The molecule has 3 aliphatic rings. The number of aromatic nitrogens is 4. The van der Waals surface area contributed by atoms with E-state index < -0.39 is 68.0 Å². The third-order valence-corrected chi connectivity index (χ3v) is 8.58. The highest BCUT2D eigenvalue weighted by atomic mass is 31.2. The summed E-state index contributed by atoms with van der Waals surface area (Å²) in [5, 5.41) is 0. The van der Waals surface area contributed by atoms with Crippen molar-refractivity contribution in [2.75, 3.05) is 12.3 Å². The SMILES string of the molecule is CC1(C)C[C@@H](c2cccc(F)c2F)OP(=O)(OC[C@H]2O[C@@H](n3cnc4c(N)ncnc43)[C@]3(C)OC(=O)O[C@H]23)O1. The second-order valence-corrected chi connectivity index (χ2v) is 11.8. The molecule has 0 spiro atoms. The number of hydrogen-bond donors (Lipinski definition) is 1. The maximum atomic E-state index is 14.5. The molecule has 6 rings (SSSR count). The summed E-state index contributed by atoms with van der Waals surface area (Å²) in [5.41, 5.74) is 3.98. The second kappa shape index (κ2) is 8.89. The zero-order chi connectivity index (χ0) is 27.7. The Balaban J connectivity index is 1.26. The number of benzene rings is 1. The summed E-state index contributed by atoms with van der Waals surface area (Å²) < 4.78 is 77.4. The van der Waals surface area contributed by atoms with Crippen molar-refractivity contribution in [3.63, 3.8) is 0 Å². The third kappa shape index (κ3) is 4.34. The van der Waals surface area contributed by atoms with Crippen molar-refractivity contribution in [3.8, 4) is 0 Å². The predicted molar refractivity (Wildman–Crippen MR) is 127 cm³/mol. The topological polar surface area (TPSA) is 159 Å². The van der Waals surface area contributed by atoms with Crippen molar-refractivity contribution in [2.24, 2.45) is 0 Å². The van der Waals surface area contributed by atoms with Crippen LogP contribution in [0, 0.1) is 11.6 Å². The van der Waals surface area contributed by atoms with Gasteiger partial charge in [-0.05, 0) is 26.8 Å². The largest absolute Gasteiger partial charge is 0.509 e. The second-order valence-electron chi connectivity index (χ2n) is 10.2. The number of rotatable bonds is 5. The van der Waals surface area contributed by atoms with Gasteiger partial charge in [-0.1, -0.05) is 12.1 Å². The minimum atomic E-state index is -4.35. The highest BCUT2D eigenvalue weighted by Gasteiger charge is 2.65. The van der Waals surface area contributed by atoms with Crippen LogP contribution in [-0.4, -0.2) is 55.7 Å². The van der Waals surface area contributed by atoms with E-state index in [0.717, 1.165) is 6.07 Å². The van der Waals surface area contributed by atoms with E-state index >= 15 is 0 Å². The number of nitrogens with zero attached hydrogens (tertiary/aromatic N) is 4. The molecular formula is C23H24F2N5O8P. The maximum absolute atomic E-state index is 14.5. The van der Waals surface area contributed by atoms with Crippen LogP contribution in [0.1, 0.15) is 45.1 Å². The van der Waals surface area contributed by atoms with Gasteiger partial charge in [0, 0.05) is 12.0 Å². The molecule has 3 fully saturated rings. The van der Waals surface area contributed by atoms with Crippen LogP contribution < -0.4 is 5.73 Å². The average molecular weight is 567 g/mol. The molecule has 0 radical (unpaired) electrons. The molecule has 2 N–H and O–H groups in total. The Morgan fingerprint density at radius 2 is 2.03 bits per heavy atom. The average Bonchev–Trinajstić information content (AvgIpc) is 3.48. The van der Waals surface area contributed by atoms with Crippen LogP contribution in [0.4, 0.5) is 19.4 Å². The fraction of sp³-hybridized carbons (Fsp3) is 0.478. The number of phosphoric ester groups is 1. The van der Waals surface area contributed by atoms with E-state index in [1.165, 1.54) is 29.4 Å². The standard InChI is InChI=1S/C23H24F2N5O8P/c1-22(2)7-13(11-5-4-6-12(24)15(11)25)37-39(32,38-22)33-8-14-17-23(3,36-21(31)35-17)20(34-14)30-10-29-16-18(26)27-9-28-19(16)30/h4-6,9-10,13-14,17,20H,7-8H2,1-3H3,(H2,26,27,28)/t13-,14+,17+,20+,23+,39?/m0/s1. The predicted octanol–water partition coefficient (Wildman–Crippen LogP) is 3.96. The summed E-state index contributed by atoms with van der Waals surface area (Å²) in [6.45, 7) is 4.42. The van der Waals surface area contributed by atoms with E-state index in [2.05, 4.69) is 15.0 Å². The van der Waals surface area contributed by atoms with Gasteiger partial charge in [-0.25, -0.2) is 33.1 Å². The van der Waals surface area contributed by atoms with Crippen LogP contribution >= 0.6 is 7.82 Å². The molecule has 0 aliphatic carbocycles. The smallest absolute Gasteiger partial charge is 0.424 e. The number of hydrogen-bond acceptors (Lipinski definition) is 12. The van der Waals surface area contributed by atoms with E-state index in [1.807, 2.05) is 0 Å². The van der Waals surface area contributed by atoms with Crippen LogP contribution in [0.15, 0.2) is 30.9 Å². The van der Waals surface area contributed by atoms with E-state index in [0.29, 0.717) is 11.2 Å². The summed E-state index contributed by atoms with van der Waals surface area (Å²) in [6.07, 6.45) is -2.29. The van der Waals surface area contributed by atoms with E-state index in [1.54, 1.807) is 20.8 Å². The van der Waals surface area contributed by atoms with Gasteiger partial charge < -0.3 is 19.9 Å². The number of nitrogen functional groups attached to an aromatic ring is 1. The van der Waals surface area contributed by atoms with Crippen LogP contribution in [-0.2, 0) is 32.3 Å². The first-order valence-corrected chi connectivity index (χ1v) is 13.4. The molecule has 208 valence electrons. The van der Waals surface area contributed by atoms with Crippen molar-refractivity contribution < 1.29 is 45.9 Å². The fourth-order valence-corrected chi connectivity index (χ4v) is 6.82. The molecule has 1 unspecified atom stereocenters. The zero-order valence-electron chi connectivity index (χ0n) is 20.9. The molecule has 13 nitrogen and oxygen atoms in total. The van der Waals surface area contributed by atoms with Crippen molar-refractivity contribution in [1.29, 1.82) is 0 Å². The Labute approximate surface area is 220 Å². The highest BCUT2D eigenvalue weighted by molar-refractivity contribution is 7.48. The summed E-state index contributed by atoms with van der Waals surface area (Å²) in [4.78, 5) is 24.5. The van der Waals surface area contributed by atoms with Gasteiger partial charge in [0.15, 0.2) is 41.0 Å². The van der Waals surface area contributed by atoms with Gasteiger partial charge in [0.05, 0.1) is 18.5 Å². The van der Waals surface area contributed by atoms with Crippen LogP contribution in [0.2, 0.25) is 0 Å². The molecule has 3 aromatic rings. The van der Waals surface area contributed by atoms with E-state index in [4.69, 9.17) is 33.5 Å². The summed E-state index contributed by atoms with van der Waals surface area (Å²) in [6, 6.07) is 3.64. The molecule has 5 heterocycles. The van der Waals surface area contributed by atoms with Gasteiger partial charge in [0.25, 0.3) is 0 Å². The Bertz CT molecular complexity index is 1520. The monoisotopic (exact) mass is 567 g/mol.